The zero-order chi connectivity index (χ0) is 13.2. The second-order valence-electron chi connectivity index (χ2n) is 4.14. The van der Waals surface area contributed by atoms with Crippen LogP contribution in [0.4, 0.5) is 0 Å². The lowest BCUT2D eigenvalue weighted by molar-refractivity contribution is 0.433. The third-order valence-electron chi connectivity index (χ3n) is 2.84. The Hall–Kier alpha value is -2.75. The number of hydrogen-bond donors (Lipinski definition) is 2. The summed E-state index contributed by atoms with van der Waals surface area (Å²) in [5.74, 6) is 0.940. The molecule has 4 nitrogen and oxygen atoms in total. The van der Waals surface area contributed by atoms with Crippen molar-refractivity contribution in [2.75, 3.05) is 0 Å². The molecule has 0 aliphatic carbocycles. The van der Waals surface area contributed by atoms with Gasteiger partial charge in [0, 0.05) is 17.2 Å². The zero-order valence-electron chi connectivity index (χ0n) is 9.95. The van der Waals surface area contributed by atoms with Crippen LogP contribution >= 0.6 is 0 Å². The van der Waals surface area contributed by atoms with Crippen LogP contribution in [-0.4, -0.2) is 15.4 Å². The van der Waals surface area contributed by atoms with Gasteiger partial charge in [0.05, 0.1) is 0 Å². The maximum atomic E-state index is 9.77. The summed E-state index contributed by atoms with van der Waals surface area (Å²) in [6.45, 7) is 0. The van der Waals surface area contributed by atoms with Gasteiger partial charge < -0.3 is 14.7 Å². The number of hydrogen-bond acceptors (Lipinski definition) is 4. The standard InChI is InChI=1S/C15H11NO3/c17-11-7-5-10(6-8-11)15-9-13(16-19-15)12-3-1-2-4-14(12)18/h1-9,17-18H. The van der Waals surface area contributed by atoms with E-state index in [1.54, 1.807) is 48.5 Å². The summed E-state index contributed by atoms with van der Waals surface area (Å²) in [7, 11) is 0. The Morgan fingerprint density at radius 1 is 0.895 bits per heavy atom. The number of aromatic hydroxyl groups is 2. The van der Waals surface area contributed by atoms with Crippen LogP contribution in [0, 0.1) is 0 Å². The number of para-hydroxylation sites is 1. The zero-order valence-corrected chi connectivity index (χ0v) is 9.95. The number of rotatable bonds is 2. The van der Waals surface area contributed by atoms with E-state index in [9.17, 15) is 10.2 Å². The number of phenolic OH excluding ortho intramolecular Hbond substituents is 2. The van der Waals surface area contributed by atoms with Crippen LogP contribution < -0.4 is 0 Å². The van der Waals surface area contributed by atoms with E-state index in [1.165, 1.54) is 0 Å². The molecule has 1 heterocycles. The minimum absolute atomic E-state index is 0.160. The quantitative estimate of drug-likeness (QED) is 0.734. The van der Waals surface area contributed by atoms with E-state index in [0.717, 1.165) is 5.56 Å². The Labute approximate surface area is 109 Å². The molecule has 0 unspecified atom stereocenters. The second kappa shape index (κ2) is 4.49. The molecule has 0 saturated heterocycles. The summed E-state index contributed by atoms with van der Waals surface area (Å²) in [5, 5.41) is 23.0. The fourth-order valence-electron chi connectivity index (χ4n) is 1.85. The number of aromatic nitrogens is 1. The average molecular weight is 253 g/mol. The van der Waals surface area contributed by atoms with E-state index in [1.807, 2.05) is 6.07 Å². The van der Waals surface area contributed by atoms with Crippen molar-refractivity contribution in [3.8, 4) is 34.1 Å². The third kappa shape index (κ3) is 2.15. The summed E-state index contributed by atoms with van der Waals surface area (Å²) in [6, 6.07) is 15.3. The Kier molecular flexibility index (Phi) is 2.68. The van der Waals surface area contributed by atoms with E-state index in [0.29, 0.717) is 17.0 Å². The predicted molar refractivity (Wildman–Crippen MR) is 70.7 cm³/mol. The molecule has 3 aromatic rings. The molecule has 1 aromatic heterocycles. The maximum absolute atomic E-state index is 9.77. The normalized spacial score (nSPS) is 10.5. The van der Waals surface area contributed by atoms with Crippen LogP contribution in [0.15, 0.2) is 59.1 Å². The van der Waals surface area contributed by atoms with Gasteiger partial charge in [-0.15, -0.1) is 0 Å². The Balaban J connectivity index is 2.00. The van der Waals surface area contributed by atoms with E-state index in [2.05, 4.69) is 5.16 Å². The molecule has 0 radical (unpaired) electrons. The van der Waals surface area contributed by atoms with Gasteiger partial charge in [-0.1, -0.05) is 17.3 Å². The van der Waals surface area contributed by atoms with Crippen LogP contribution in [0.2, 0.25) is 0 Å². The van der Waals surface area contributed by atoms with Gasteiger partial charge in [-0.05, 0) is 36.4 Å². The topological polar surface area (TPSA) is 66.5 Å². The highest BCUT2D eigenvalue weighted by Crippen LogP contribution is 2.31. The van der Waals surface area contributed by atoms with Crippen LogP contribution in [0.3, 0.4) is 0 Å². The highest BCUT2D eigenvalue weighted by molar-refractivity contribution is 5.70. The van der Waals surface area contributed by atoms with Crippen molar-refractivity contribution in [1.29, 1.82) is 0 Å². The summed E-state index contributed by atoms with van der Waals surface area (Å²) < 4.78 is 5.26. The molecule has 0 aliphatic heterocycles. The van der Waals surface area contributed by atoms with Gasteiger partial charge in [-0.3, -0.25) is 0 Å². The molecular formula is C15H11NO3. The minimum atomic E-state index is 0.160. The Morgan fingerprint density at radius 2 is 1.63 bits per heavy atom. The fourth-order valence-corrected chi connectivity index (χ4v) is 1.85. The molecule has 19 heavy (non-hydrogen) atoms. The molecule has 0 saturated carbocycles. The van der Waals surface area contributed by atoms with Crippen molar-refractivity contribution < 1.29 is 14.7 Å². The van der Waals surface area contributed by atoms with Crippen LogP contribution in [0.5, 0.6) is 11.5 Å². The lowest BCUT2D eigenvalue weighted by Gasteiger charge is -1.97. The summed E-state index contributed by atoms with van der Waals surface area (Å²) in [4.78, 5) is 0. The Morgan fingerprint density at radius 3 is 2.37 bits per heavy atom. The number of phenols is 2. The van der Waals surface area contributed by atoms with Gasteiger partial charge >= 0.3 is 0 Å². The molecule has 0 aliphatic rings. The monoisotopic (exact) mass is 253 g/mol. The molecule has 0 atom stereocenters. The minimum Gasteiger partial charge on any atom is -0.508 e. The molecule has 0 amide bonds. The van der Waals surface area contributed by atoms with E-state index < -0.39 is 0 Å². The molecule has 0 bridgehead atoms. The molecule has 0 spiro atoms. The smallest absolute Gasteiger partial charge is 0.167 e. The first-order chi connectivity index (χ1) is 9.24. The maximum Gasteiger partial charge on any atom is 0.167 e. The summed E-state index contributed by atoms with van der Waals surface area (Å²) in [6.07, 6.45) is 0. The average Bonchev–Trinajstić information content (AvgIpc) is 2.89. The highest BCUT2D eigenvalue weighted by atomic mass is 16.5. The molecule has 2 aromatic carbocycles. The van der Waals surface area contributed by atoms with Gasteiger partial charge in [0.25, 0.3) is 0 Å². The molecule has 94 valence electrons. The van der Waals surface area contributed by atoms with Crippen molar-refractivity contribution in [3.63, 3.8) is 0 Å². The van der Waals surface area contributed by atoms with Crippen LogP contribution in [0.1, 0.15) is 0 Å². The lowest BCUT2D eigenvalue weighted by Crippen LogP contribution is -1.77. The highest BCUT2D eigenvalue weighted by Gasteiger charge is 2.11. The van der Waals surface area contributed by atoms with Crippen LogP contribution in [-0.2, 0) is 0 Å². The molecule has 2 N–H and O–H groups in total. The first-order valence-corrected chi connectivity index (χ1v) is 5.78. The SMILES string of the molecule is Oc1ccc(-c2cc(-c3ccccc3O)no2)cc1. The second-order valence-corrected chi connectivity index (χ2v) is 4.14. The first kappa shape index (κ1) is 11.3. The molecule has 4 heteroatoms. The fraction of sp³-hybridized carbons (Fsp3) is 0. The molecule has 0 fully saturated rings. The van der Waals surface area contributed by atoms with Crippen molar-refractivity contribution >= 4 is 0 Å². The first-order valence-electron chi connectivity index (χ1n) is 5.78. The van der Waals surface area contributed by atoms with Gasteiger partial charge in [0.1, 0.15) is 17.2 Å². The summed E-state index contributed by atoms with van der Waals surface area (Å²) in [5.41, 5.74) is 2.00. The van der Waals surface area contributed by atoms with E-state index >= 15 is 0 Å². The molecular weight excluding hydrogens is 242 g/mol. The van der Waals surface area contributed by atoms with Crippen molar-refractivity contribution in [2.45, 2.75) is 0 Å². The Bertz CT molecular complexity index is 701. The number of benzene rings is 2. The largest absolute Gasteiger partial charge is 0.508 e. The van der Waals surface area contributed by atoms with Gasteiger partial charge in [-0.25, -0.2) is 0 Å². The predicted octanol–water partition coefficient (Wildman–Crippen LogP) is 3.42. The van der Waals surface area contributed by atoms with Crippen molar-refractivity contribution in [3.05, 3.63) is 54.6 Å². The van der Waals surface area contributed by atoms with E-state index in [4.69, 9.17) is 4.52 Å². The van der Waals surface area contributed by atoms with Gasteiger partial charge in [0.2, 0.25) is 0 Å². The van der Waals surface area contributed by atoms with Crippen molar-refractivity contribution in [2.24, 2.45) is 0 Å². The number of nitrogens with zero attached hydrogens (tertiary/aromatic N) is 1. The molecule has 3 rings (SSSR count). The van der Waals surface area contributed by atoms with Gasteiger partial charge in [0.15, 0.2) is 5.76 Å². The van der Waals surface area contributed by atoms with Crippen LogP contribution in [0.25, 0.3) is 22.6 Å². The summed E-state index contributed by atoms with van der Waals surface area (Å²) >= 11 is 0. The van der Waals surface area contributed by atoms with Crippen molar-refractivity contribution in [1.82, 2.24) is 5.16 Å². The van der Waals surface area contributed by atoms with Gasteiger partial charge in [-0.2, -0.15) is 0 Å². The lowest BCUT2D eigenvalue weighted by atomic mass is 10.1. The third-order valence-corrected chi connectivity index (χ3v) is 2.84. The van der Waals surface area contributed by atoms with E-state index in [-0.39, 0.29) is 11.5 Å².